The zero-order chi connectivity index (χ0) is 12.3. The predicted molar refractivity (Wildman–Crippen MR) is 62.9 cm³/mol. The van der Waals surface area contributed by atoms with Crippen molar-refractivity contribution in [2.24, 2.45) is 0 Å². The maximum Gasteiger partial charge on any atom is 0.261 e. The average molecular weight is 229 g/mol. The molecule has 17 heavy (non-hydrogen) atoms. The molecule has 0 radical (unpaired) electrons. The van der Waals surface area contributed by atoms with Crippen LogP contribution in [0.3, 0.4) is 0 Å². The minimum Gasteiger partial charge on any atom is -0.505 e. The normalized spacial score (nSPS) is 9.94. The van der Waals surface area contributed by atoms with Crippen molar-refractivity contribution in [2.45, 2.75) is 0 Å². The minimum atomic E-state index is -0.295. The Morgan fingerprint density at radius 1 is 1.18 bits per heavy atom. The average Bonchev–Trinajstić information content (AvgIpc) is 2.39. The highest BCUT2D eigenvalue weighted by Crippen LogP contribution is 2.19. The topological polar surface area (TPSA) is 66.3 Å². The van der Waals surface area contributed by atoms with E-state index in [4.69, 9.17) is 0 Å². The third kappa shape index (κ3) is 2.23. The minimum absolute atomic E-state index is 0.126. The van der Waals surface area contributed by atoms with Gasteiger partial charge in [0.15, 0.2) is 0 Å². The van der Waals surface area contributed by atoms with E-state index in [0.717, 1.165) is 0 Å². The van der Waals surface area contributed by atoms with Crippen molar-refractivity contribution in [3.8, 4) is 5.75 Å². The molecule has 0 fully saturated rings. The number of carbonyl (C=O) groups excluding carboxylic acids is 1. The summed E-state index contributed by atoms with van der Waals surface area (Å²) < 4.78 is 0. The van der Waals surface area contributed by atoms with Crippen LogP contribution in [0.4, 0.5) is 5.69 Å². The van der Waals surface area contributed by atoms with Crippen LogP contribution in [0.1, 0.15) is 10.4 Å². The van der Waals surface area contributed by atoms with E-state index in [1.54, 1.807) is 31.6 Å². The van der Waals surface area contributed by atoms with Crippen LogP contribution in [0, 0.1) is 0 Å². The van der Waals surface area contributed by atoms with Crippen LogP contribution in [-0.4, -0.2) is 28.0 Å². The lowest BCUT2D eigenvalue weighted by atomic mass is 10.2. The molecular weight excluding hydrogens is 218 g/mol. The van der Waals surface area contributed by atoms with Crippen LogP contribution in [0.2, 0.25) is 0 Å². The van der Waals surface area contributed by atoms with Gasteiger partial charge in [-0.05, 0) is 18.2 Å². The Kier molecular flexibility index (Phi) is 3.00. The van der Waals surface area contributed by atoms with E-state index < -0.39 is 0 Å². The molecule has 0 unspecified atom stereocenters. The molecule has 0 aromatic carbocycles. The summed E-state index contributed by atoms with van der Waals surface area (Å²) in [6.45, 7) is 0. The maximum absolute atomic E-state index is 12.1. The Labute approximate surface area is 98.4 Å². The van der Waals surface area contributed by atoms with E-state index in [2.05, 4.69) is 9.97 Å². The predicted octanol–water partition coefficient (Wildman–Crippen LogP) is 1.46. The Balaban J connectivity index is 2.30. The van der Waals surface area contributed by atoms with E-state index in [-0.39, 0.29) is 17.2 Å². The Bertz CT molecular complexity index is 528. The fourth-order valence-corrected chi connectivity index (χ4v) is 1.43. The first-order valence-corrected chi connectivity index (χ1v) is 5.01. The molecule has 0 aliphatic heterocycles. The third-order valence-corrected chi connectivity index (χ3v) is 2.39. The first kappa shape index (κ1) is 11.1. The van der Waals surface area contributed by atoms with Crippen molar-refractivity contribution in [2.75, 3.05) is 11.9 Å². The molecule has 0 aliphatic rings. The van der Waals surface area contributed by atoms with Crippen molar-refractivity contribution >= 4 is 11.6 Å². The maximum atomic E-state index is 12.1. The summed E-state index contributed by atoms with van der Waals surface area (Å²) in [7, 11) is 1.64. The van der Waals surface area contributed by atoms with Gasteiger partial charge in [0.2, 0.25) is 0 Å². The Hall–Kier alpha value is -2.43. The van der Waals surface area contributed by atoms with E-state index in [0.29, 0.717) is 5.69 Å². The van der Waals surface area contributed by atoms with Gasteiger partial charge < -0.3 is 10.0 Å². The molecule has 0 spiro atoms. The van der Waals surface area contributed by atoms with E-state index in [1.807, 2.05) is 0 Å². The van der Waals surface area contributed by atoms with Crippen molar-refractivity contribution < 1.29 is 9.90 Å². The van der Waals surface area contributed by atoms with E-state index in [9.17, 15) is 9.90 Å². The summed E-state index contributed by atoms with van der Waals surface area (Å²) >= 11 is 0. The lowest BCUT2D eigenvalue weighted by Crippen LogP contribution is -2.26. The van der Waals surface area contributed by atoms with Gasteiger partial charge in [-0.1, -0.05) is 0 Å². The van der Waals surface area contributed by atoms with Gasteiger partial charge in [0.1, 0.15) is 5.75 Å². The molecule has 5 nitrogen and oxygen atoms in total. The number of amides is 1. The van der Waals surface area contributed by atoms with Crippen LogP contribution in [0.5, 0.6) is 5.75 Å². The summed E-state index contributed by atoms with van der Waals surface area (Å²) in [5.41, 5.74) is 0.931. The molecule has 1 N–H and O–H groups in total. The van der Waals surface area contributed by atoms with Crippen molar-refractivity contribution in [1.82, 2.24) is 9.97 Å². The number of pyridine rings is 2. The number of nitrogens with zero attached hydrogens (tertiary/aromatic N) is 3. The standard InChI is InChI=1S/C12H11N3O2/c1-15(9-2-5-13-6-3-9)12(17)10-4-7-14-8-11(10)16/h2-8,16H,1H3. The fraction of sp³-hybridized carbons (Fsp3) is 0.0833. The summed E-state index contributed by atoms with van der Waals surface area (Å²) in [4.78, 5) is 21.1. The first-order valence-electron chi connectivity index (χ1n) is 5.01. The van der Waals surface area contributed by atoms with Crippen molar-refractivity contribution in [3.05, 3.63) is 48.5 Å². The molecule has 0 bridgehead atoms. The second-order valence-electron chi connectivity index (χ2n) is 3.46. The number of carbonyl (C=O) groups is 1. The van der Waals surface area contributed by atoms with Gasteiger partial charge in [-0.25, -0.2) is 0 Å². The SMILES string of the molecule is CN(C(=O)c1ccncc1O)c1ccncc1. The summed E-state index contributed by atoms with van der Waals surface area (Å²) in [6.07, 6.45) is 5.91. The molecule has 1 amide bonds. The second kappa shape index (κ2) is 4.61. The lowest BCUT2D eigenvalue weighted by molar-refractivity contribution is 0.0990. The summed E-state index contributed by atoms with van der Waals surface area (Å²) in [5, 5.41) is 9.55. The van der Waals surface area contributed by atoms with Gasteiger partial charge in [0.05, 0.1) is 11.8 Å². The molecule has 0 atom stereocenters. The molecule has 0 saturated carbocycles. The number of aromatic hydroxyl groups is 1. The van der Waals surface area contributed by atoms with Crippen LogP contribution in [0.25, 0.3) is 0 Å². The number of aromatic nitrogens is 2. The highest BCUT2D eigenvalue weighted by atomic mass is 16.3. The third-order valence-electron chi connectivity index (χ3n) is 2.39. The van der Waals surface area contributed by atoms with Gasteiger partial charge in [-0.3, -0.25) is 14.8 Å². The summed E-state index contributed by atoms with van der Waals surface area (Å²) in [5.74, 6) is -0.422. The number of hydrogen-bond acceptors (Lipinski definition) is 4. The van der Waals surface area contributed by atoms with Gasteiger partial charge in [-0.2, -0.15) is 0 Å². The molecule has 0 saturated heterocycles. The zero-order valence-electron chi connectivity index (χ0n) is 9.24. The highest BCUT2D eigenvalue weighted by Gasteiger charge is 2.16. The lowest BCUT2D eigenvalue weighted by Gasteiger charge is -2.17. The quantitative estimate of drug-likeness (QED) is 0.846. The second-order valence-corrected chi connectivity index (χ2v) is 3.46. The van der Waals surface area contributed by atoms with Gasteiger partial charge >= 0.3 is 0 Å². The zero-order valence-corrected chi connectivity index (χ0v) is 9.24. The smallest absolute Gasteiger partial charge is 0.261 e. The van der Waals surface area contributed by atoms with Crippen molar-refractivity contribution in [1.29, 1.82) is 0 Å². The molecule has 5 heteroatoms. The number of rotatable bonds is 2. The molecule has 2 aromatic heterocycles. The van der Waals surface area contributed by atoms with E-state index in [1.165, 1.54) is 23.4 Å². The van der Waals surface area contributed by atoms with E-state index >= 15 is 0 Å². The monoisotopic (exact) mass is 229 g/mol. The highest BCUT2D eigenvalue weighted by molar-refractivity contribution is 6.07. The van der Waals surface area contributed by atoms with Crippen molar-refractivity contribution in [3.63, 3.8) is 0 Å². The molecule has 2 heterocycles. The fourth-order valence-electron chi connectivity index (χ4n) is 1.43. The van der Waals surface area contributed by atoms with Crippen LogP contribution >= 0.6 is 0 Å². The summed E-state index contributed by atoms with van der Waals surface area (Å²) in [6, 6.07) is 4.92. The number of anilines is 1. The van der Waals surface area contributed by atoms with Gasteiger partial charge in [0, 0.05) is 31.3 Å². The molecule has 2 aromatic rings. The molecular formula is C12H11N3O2. The van der Waals surface area contributed by atoms with Gasteiger partial charge in [0.25, 0.3) is 5.91 Å². The molecule has 86 valence electrons. The largest absolute Gasteiger partial charge is 0.505 e. The Morgan fingerprint density at radius 3 is 2.47 bits per heavy atom. The van der Waals surface area contributed by atoms with Crippen LogP contribution in [0.15, 0.2) is 43.0 Å². The first-order chi connectivity index (χ1) is 8.20. The van der Waals surface area contributed by atoms with Crippen LogP contribution in [-0.2, 0) is 0 Å². The Morgan fingerprint density at radius 2 is 1.82 bits per heavy atom. The van der Waals surface area contributed by atoms with Crippen LogP contribution < -0.4 is 4.90 Å². The molecule has 2 rings (SSSR count). The van der Waals surface area contributed by atoms with Gasteiger partial charge in [-0.15, -0.1) is 0 Å². The molecule has 0 aliphatic carbocycles. The number of hydrogen-bond donors (Lipinski definition) is 1.